The Morgan fingerprint density at radius 1 is 0.806 bits per heavy atom. The number of nitrogens with one attached hydrogen (secondary N) is 3. The molecular formula is C26H27N3O7. The quantitative estimate of drug-likeness (QED) is 0.410. The number of carbonyl (C=O) groups excluding carboxylic acids is 1. The molecule has 2 atom stereocenters. The summed E-state index contributed by atoms with van der Waals surface area (Å²) in [5.74, 6) is 1.07. The second kappa shape index (κ2) is 9.03. The van der Waals surface area contributed by atoms with Gasteiger partial charge in [-0.2, -0.15) is 0 Å². The van der Waals surface area contributed by atoms with E-state index in [0.717, 1.165) is 11.3 Å². The predicted octanol–water partition coefficient (Wildman–Crippen LogP) is 3.40. The van der Waals surface area contributed by atoms with Crippen LogP contribution in [-0.4, -0.2) is 49.5 Å². The molecule has 10 nitrogen and oxygen atoms in total. The summed E-state index contributed by atoms with van der Waals surface area (Å²) in [4.78, 5) is 26.5. The van der Waals surface area contributed by atoms with Crippen molar-refractivity contribution in [3.63, 3.8) is 0 Å². The van der Waals surface area contributed by atoms with Gasteiger partial charge in [0.25, 0.3) is 5.56 Å². The molecule has 0 bridgehead atoms. The Morgan fingerprint density at radius 3 is 2.08 bits per heavy atom. The number of H-pyrrole nitrogens is 2. The topological polar surface area (TPSA) is 135 Å². The summed E-state index contributed by atoms with van der Waals surface area (Å²) in [5.41, 5.74) is 2.84. The third-order valence-electron chi connectivity index (χ3n) is 6.89. The average Bonchev–Trinajstić information content (AvgIpc) is 3.27. The van der Waals surface area contributed by atoms with Crippen LogP contribution >= 0.6 is 0 Å². The maximum atomic E-state index is 13.7. The number of carbonyl (C=O) groups is 1. The number of rotatable bonds is 6. The number of hydrogen-bond donors (Lipinski definition) is 4. The molecule has 0 amide bonds. The molecule has 4 N–H and O–H groups in total. The van der Waals surface area contributed by atoms with E-state index in [9.17, 15) is 14.7 Å². The standard InChI is InChI=1S/C26H27N3O7/c1-33-17-6-5-12(9-18(17)34-2)13-7-15-22(16(30)8-13)21(23-25(27-15)28-29-26(23)32)14-10-19(35-3)24(31)20(11-14)36-4/h5-6,9-11,13,21,31H,7-8H2,1-4H3,(H3,27,28,29,32)/t13-,21-/m0/s1. The number of benzene rings is 2. The van der Waals surface area contributed by atoms with Crippen LogP contribution in [0.3, 0.4) is 0 Å². The second-order valence-corrected chi connectivity index (χ2v) is 8.73. The Balaban J connectivity index is 1.63. The van der Waals surface area contributed by atoms with Gasteiger partial charge in [0.2, 0.25) is 5.75 Å². The summed E-state index contributed by atoms with van der Waals surface area (Å²) in [7, 11) is 6.01. The number of aromatic amines is 2. The number of aromatic hydroxyl groups is 1. The van der Waals surface area contributed by atoms with E-state index in [0.29, 0.717) is 40.4 Å². The molecule has 0 saturated carbocycles. The Bertz CT molecular complexity index is 1410. The number of ether oxygens (including phenoxy) is 4. The van der Waals surface area contributed by atoms with Crippen molar-refractivity contribution in [1.29, 1.82) is 0 Å². The summed E-state index contributed by atoms with van der Waals surface area (Å²) < 4.78 is 21.5. The first-order valence-electron chi connectivity index (χ1n) is 11.4. The maximum Gasteiger partial charge on any atom is 0.270 e. The summed E-state index contributed by atoms with van der Waals surface area (Å²) >= 11 is 0. The Labute approximate surface area is 206 Å². The summed E-state index contributed by atoms with van der Waals surface area (Å²) in [6, 6.07) is 8.91. The van der Waals surface area contributed by atoms with Gasteiger partial charge in [-0.15, -0.1) is 0 Å². The third-order valence-corrected chi connectivity index (χ3v) is 6.89. The largest absolute Gasteiger partial charge is 0.502 e. The van der Waals surface area contributed by atoms with Gasteiger partial charge in [-0.25, -0.2) is 0 Å². The van der Waals surface area contributed by atoms with Gasteiger partial charge in [0, 0.05) is 23.6 Å². The molecule has 1 aliphatic carbocycles. The number of allylic oxidation sites excluding steroid dienone is 2. The fourth-order valence-electron chi connectivity index (χ4n) is 5.18. The van der Waals surface area contributed by atoms with Crippen LogP contribution in [0.25, 0.3) is 0 Å². The number of phenols is 1. The lowest BCUT2D eigenvalue weighted by Gasteiger charge is -2.35. The highest BCUT2D eigenvalue weighted by Crippen LogP contribution is 2.49. The van der Waals surface area contributed by atoms with Crippen molar-refractivity contribution in [3.8, 4) is 28.7 Å². The zero-order chi connectivity index (χ0) is 25.6. The van der Waals surface area contributed by atoms with Crippen LogP contribution in [-0.2, 0) is 4.79 Å². The number of aromatic nitrogens is 2. The lowest BCUT2D eigenvalue weighted by molar-refractivity contribution is -0.116. The van der Waals surface area contributed by atoms with Gasteiger partial charge in [-0.05, 0) is 47.7 Å². The predicted molar refractivity (Wildman–Crippen MR) is 132 cm³/mol. The van der Waals surface area contributed by atoms with E-state index in [2.05, 4.69) is 15.5 Å². The highest BCUT2D eigenvalue weighted by Gasteiger charge is 2.41. The number of fused-ring (bicyclic) bond motifs is 1. The number of hydrogen-bond acceptors (Lipinski definition) is 8. The molecule has 1 aromatic heterocycles. The molecule has 0 saturated heterocycles. The fourth-order valence-corrected chi connectivity index (χ4v) is 5.18. The van der Waals surface area contributed by atoms with Crippen LogP contribution in [0, 0.1) is 0 Å². The Morgan fingerprint density at radius 2 is 1.44 bits per heavy atom. The minimum atomic E-state index is -0.673. The lowest BCUT2D eigenvalue weighted by Crippen LogP contribution is -2.31. The van der Waals surface area contributed by atoms with Gasteiger partial charge >= 0.3 is 0 Å². The van der Waals surface area contributed by atoms with Crippen molar-refractivity contribution in [2.24, 2.45) is 0 Å². The molecule has 2 heterocycles. The maximum absolute atomic E-state index is 13.7. The summed E-state index contributed by atoms with van der Waals surface area (Å²) in [6.45, 7) is 0. The molecular weight excluding hydrogens is 466 g/mol. The van der Waals surface area contributed by atoms with Crippen molar-refractivity contribution in [3.05, 3.63) is 68.6 Å². The van der Waals surface area contributed by atoms with Crippen LogP contribution in [0.15, 0.2) is 46.4 Å². The van der Waals surface area contributed by atoms with E-state index in [-0.39, 0.29) is 40.9 Å². The number of ketones is 1. The van der Waals surface area contributed by atoms with Crippen molar-refractivity contribution in [2.75, 3.05) is 33.8 Å². The first kappa shape index (κ1) is 23.4. The minimum Gasteiger partial charge on any atom is -0.502 e. The average molecular weight is 494 g/mol. The zero-order valence-corrected chi connectivity index (χ0v) is 20.4. The van der Waals surface area contributed by atoms with Gasteiger partial charge in [0.05, 0.1) is 34.0 Å². The van der Waals surface area contributed by atoms with E-state index in [4.69, 9.17) is 18.9 Å². The monoisotopic (exact) mass is 493 g/mol. The molecule has 0 fully saturated rings. The molecule has 0 radical (unpaired) electrons. The second-order valence-electron chi connectivity index (χ2n) is 8.73. The summed E-state index contributed by atoms with van der Waals surface area (Å²) in [5, 5.41) is 19.2. The molecule has 188 valence electrons. The van der Waals surface area contributed by atoms with E-state index in [1.165, 1.54) is 14.2 Å². The van der Waals surface area contributed by atoms with E-state index in [1.807, 2.05) is 18.2 Å². The number of Topliss-reactive ketones (excluding diaryl/α,β-unsaturated/α-hetero) is 1. The molecule has 3 aromatic rings. The Hall–Kier alpha value is -4.34. The first-order chi connectivity index (χ1) is 17.4. The highest BCUT2D eigenvalue weighted by molar-refractivity contribution is 6.01. The first-order valence-corrected chi connectivity index (χ1v) is 11.4. The van der Waals surface area contributed by atoms with Gasteiger partial charge in [0.15, 0.2) is 28.8 Å². The van der Waals surface area contributed by atoms with Crippen LogP contribution in [0.4, 0.5) is 5.82 Å². The van der Waals surface area contributed by atoms with Crippen LogP contribution < -0.4 is 29.8 Å². The normalized spacial score (nSPS) is 18.7. The van der Waals surface area contributed by atoms with E-state index >= 15 is 0 Å². The lowest BCUT2D eigenvalue weighted by atomic mass is 9.72. The molecule has 5 rings (SSSR count). The van der Waals surface area contributed by atoms with E-state index in [1.54, 1.807) is 26.4 Å². The van der Waals surface area contributed by atoms with Gasteiger partial charge in [-0.1, -0.05) is 6.07 Å². The third kappa shape index (κ3) is 3.65. The van der Waals surface area contributed by atoms with Crippen molar-refractivity contribution < 1.29 is 28.8 Å². The number of phenolic OH excluding ortho intramolecular Hbond substituents is 1. The molecule has 36 heavy (non-hydrogen) atoms. The Kier molecular flexibility index (Phi) is 5.87. The van der Waals surface area contributed by atoms with Crippen molar-refractivity contribution in [1.82, 2.24) is 10.2 Å². The number of methoxy groups -OCH3 is 4. The highest BCUT2D eigenvalue weighted by atomic mass is 16.5. The van der Waals surface area contributed by atoms with Crippen molar-refractivity contribution >= 4 is 11.6 Å². The van der Waals surface area contributed by atoms with Gasteiger partial charge < -0.3 is 29.4 Å². The molecule has 0 unspecified atom stereocenters. The van der Waals surface area contributed by atoms with E-state index < -0.39 is 5.92 Å². The molecule has 2 aliphatic rings. The molecule has 1 aliphatic heterocycles. The molecule has 10 heteroatoms. The van der Waals surface area contributed by atoms with Crippen LogP contribution in [0.1, 0.15) is 41.4 Å². The van der Waals surface area contributed by atoms with Gasteiger partial charge in [-0.3, -0.25) is 19.8 Å². The smallest absolute Gasteiger partial charge is 0.270 e. The molecule has 2 aromatic carbocycles. The SMILES string of the molecule is COc1ccc([C@@H]2CC(=O)C3=C(C2)Nc2[nH][nH]c(=O)c2[C@H]3c2cc(OC)c(O)c(OC)c2)cc1OC. The fraction of sp³-hybridized carbons (Fsp3) is 0.308. The zero-order valence-electron chi connectivity index (χ0n) is 20.4. The minimum absolute atomic E-state index is 0.0780. The summed E-state index contributed by atoms with van der Waals surface area (Å²) in [6.07, 6.45) is 0.808. The number of anilines is 1. The van der Waals surface area contributed by atoms with Crippen molar-refractivity contribution in [2.45, 2.75) is 24.7 Å². The van der Waals surface area contributed by atoms with Gasteiger partial charge in [0.1, 0.15) is 5.82 Å². The molecule has 0 spiro atoms. The van der Waals surface area contributed by atoms with Crippen LogP contribution in [0.2, 0.25) is 0 Å². The van der Waals surface area contributed by atoms with Crippen LogP contribution in [0.5, 0.6) is 28.7 Å².